The highest BCUT2D eigenvalue weighted by atomic mass is 16.6. The summed E-state index contributed by atoms with van der Waals surface area (Å²) >= 11 is 0. The summed E-state index contributed by atoms with van der Waals surface area (Å²) in [5.74, 6) is -1.07. The standard InChI is InChI=1S/C11H11NO5/c13-7-1-2-9(12(16)17)8(5-7)11(3-4-11)6-10(14)15/h1-2,5,13H,3-4,6H2,(H,14,15). The van der Waals surface area contributed by atoms with Gasteiger partial charge >= 0.3 is 5.97 Å². The normalized spacial score (nSPS) is 16.5. The van der Waals surface area contributed by atoms with Crippen molar-refractivity contribution in [1.82, 2.24) is 0 Å². The largest absolute Gasteiger partial charge is 0.508 e. The maximum absolute atomic E-state index is 10.9. The minimum absolute atomic E-state index is 0.0812. The van der Waals surface area contributed by atoms with Crippen molar-refractivity contribution >= 4 is 11.7 Å². The molecule has 0 saturated heterocycles. The molecule has 0 bridgehead atoms. The van der Waals surface area contributed by atoms with Crippen LogP contribution < -0.4 is 0 Å². The molecule has 0 radical (unpaired) electrons. The van der Waals surface area contributed by atoms with Crippen LogP contribution in [0.15, 0.2) is 18.2 Å². The first-order valence-electron chi connectivity index (χ1n) is 5.14. The molecule has 0 spiro atoms. The predicted octanol–water partition coefficient (Wildman–Crippen LogP) is 1.81. The third-order valence-electron chi connectivity index (χ3n) is 3.09. The molecule has 0 heterocycles. The zero-order valence-electron chi connectivity index (χ0n) is 8.92. The zero-order valence-corrected chi connectivity index (χ0v) is 8.92. The van der Waals surface area contributed by atoms with Crippen molar-refractivity contribution in [3.05, 3.63) is 33.9 Å². The van der Waals surface area contributed by atoms with Gasteiger partial charge in [-0.2, -0.15) is 0 Å². The molecular weight excluding hydrogens is 226 g/mol. The van der Waals surface area contributed by atoms with Gasteiger partial charge in [-0.15, -0.1) is 0 Å². The van der Waals surface area contributed by atoms with Gasteiger partial charge in [-0.05, 0) is 25.0 Å². The van der Waals surface area contributed by atoms with Crippen molar-refractivity contribution in [3.8, 4) is 5.75 Å². The average Bonchev–Trinajstić information content (AvgIpc) is 2.97. The molecule has 1 aliphatic carbocycles. The minimum Gasteiger partial charge on any atom is -0.508 e. The molecule has 0 unspecified atom stereocenters. The molecule has 2 rings (SSSR count). The van der Waals surface area contributed by atoms with E-state index in [0.717, 1.165) is 0 Å². The van der Waals surface area contributed by atoms with Crippen LogP contribution in [-0.2, 0) is 10.2 Å². The molecule has 1 aliphatic rings. The summed E-state index contributed by atoms with van der Waals surface area (Å²) in [7, 11) is 0. The number of carbonyl (C=O) groups is 1. The van der Waals surface area contributed by atoms with Crippen molar-refractivity contribution in [2.75, 3.05) is 0 Å². The van der Waals surface area contributed by atoms with E-state index in [4.69, 9.17) is 5.11 Å². The lowest BCUT2D eigenvalue weighted by Crippen LogP contribution is -2.14. The first kappa shape index (κ1) is 11.4. The Morgan fingerprint density at radius 1 is 1.47 bits per heavy atom. The Balaban J connectivity index is 2.47. The molecule has 6 heteroatoms. The summed E-state index contributed by atoms with van der Waals surface area (Å²) < 4.78 is 0. The van der Waals surface area contributed by atoms with Crippen LogP contribution in [0.4, 0.5) is 5.69 Å². The van der Waals surface area contributed by atoms with Crippen molar-refractivity contribution in [2.45, 2.75) is 24.7 Å². The van der Waals surface area contributed by atoms with Gasteiger partial charge in [-0.1, -0.05) is 0 Å². The Morgan fingerprint density at radius 3 is 2.59 bits per heavy atom. The third kappa shape index (κ3) is 2.06. The topological polar surface area (TPSA) is 101 Å². The van der Waals surface area contributed by atoms with Gasteiger partial charge in [0.1, 0.15) is 5.75 Å². The Morgan fingerprint density at radius 2 is 2.12 bits per heavy atom. The van der Waals surface area contributed by atoms with E-state index in [1.54, 1.807) is 0 Å². The smallest absolute Gasteiger partial charge is 0.304 e. The van der Waals surface area contributed by atoms with Crippen LogP contribution in [0.25, 0.3) is 0 Å². The Hall–Kier alpha value is -2.11. The first-order valence-corrected chi connectivity index (χ1v) is 5.14. The number of aliphatic carboxylic acids is 1. The summed E-state index contributed by atoms with van der Waals surface area (Å²) in [4.78, 5) is 21.1. The number of hydrogen-bond acceptors (Lipinski definition) is 4. The molecule has 1 fully saturated rings. The second-order valence-corrected chi connectivity index (χ2v) is 4.31. The minimum atomic E-state index is -0.986. The second-order valence-electron chi connectivity index (χ2n) is 4.31. The fraction of sp³-hybridized carbons (Fsp3) is 0.364. The summed E-state index contributed by atoms with van der Waals surface area (Å²) in [6, 6.07) is 3.75. The van der Waals surface area contributed by atoms with Crippen molar-refractivity contribution in [3.63, 3.8) is 0 Å². The molecule has 17 heavy (non-hydrogen) atoms. The number of rotatable bonds is 4. The predicted molar refractivity (Wildman–Crippen MR) is 57.9 cm³/mol. The number of phenolic OH excluding ortho intramolecular Hbond substituents is 1. The van der Waals surface area contributed by atoms with E-state index in [9.17, 15) is 20.0 Å². The van der Waals surface area contributed by atoms with Gasteiger partial charge in [0.25, 0.3) is 5.69 Å². The fourth-order valence-electron chi connectivity index (χ4n) is 2.09. The molecule has 90 valence electrons. The number of phenols is 1. The Bertz CT molecular complexity index is 493. The number of carboxylic acids is 1. The number of nitro groups is 1. The summed E-state index contributed by atoms with van der Waals surface area (Å²) in [6.07, 6.45) is 1.06. The van der Waals surface area contributed by atoms with Crippen LogP contribution in [0.3, 0.4) is 0 Å². The maximum Gasteiger partial charge on any atom is 0.304 e. The van der Waals surface area contributed by atoms with Gasteiger partial charge in [0.15, 0.2) is 0 Å². The maximum atomic E-state index is 10.9. The number of aromatic hydroxyl groups is 1. The van der Waals surface area contributed by atoms with E-state index in [2.05, 4.69) is 0 Å². The van der Waals surface area contributed by atoms with E-state index in [0.29, 0.717) is 18.4 Å². The summed E-state index contributed by atoms with van der Waals surface area (Å²) in [5, 5.41) is 29.1. The lowest BCUT2D eigenvalue weighted by molar-refractivity contribution is -0.385. The highest BCUT2D eigenvalue weighted by molar-refractivity contribution is 5.71. The lowest BCUT2D eigenvalue weighted by atomic mass is 9.91. The van der Waals surface area contributed by atoms with Crippen LogP contribution in [-0.4, -0.2) is 21.1 Å². The SMILES string of the molecule is O=C(O)CC1(c2cc(O)ccc2[N+](=O)[O-])CC1. The van der Waals surface area contributed by atoms with Gasteiger partial charge in [0.2, 0.25) is 0 Å². The molecule has 1 aromatic carbocycles. The molecule has 6 nitrogen and oxygen atoms in total. The first-order chi connectivity index (χ1) is 7.94. The van der Waals surface area contributed by atoms with E-state index in [-0.39, 0.29) is 17.9 Å². The third-order valence-corrected chi connectivity index (χ3v) is 3.09. The fourth-order valence-corrected chi connectivity index (χ4v) is 2.09. The quantitative estimate of drug-likeness (QED) is 0.614. The monoisotopic (exact) mass is 237 g/mol. The van der Waals surface area contributed by atoms with Gasteiger partial charge in [0, 0.05) is 17.0 Å². The number of benzene rings is 1. The van der Waals surface area contributed by atoms with Crippen molar-refractivity contribution in [2.24, 2.45) is 0 Å². The van der Waals surface area contributed by atoms with E-state index in [1.807, 2.05) is 0 Å². The van der Waals surface area contributed by atoms with E-state index >= 15 is 0 Å². The molecule has 1 saturated carbocycles. The van der Waals surface area contributed by atoms with Gasteiger partial charge in [-0.3, -0.25) is 14.9 Å². The molecule has 0 aromatic heterocycles. The van der Waals surface area contributed by atoms with Crippen molar-refractivity contribution < 1.29 is 19.9 Å². The molecular formula is C11H11NO5. The summed E-state index contributed by atoms with van der Waals surface area (Å²) in [6.45, 7) is 0. The number of carboxylic acid groups (broad SMARTS) is 1. The number of nitrogens with zero attached hydrogens (tertiary/aromatic N) is 1. The van der Waals surface area contributed by atoms with Crippen LogP contribution in [0.1, 0.15) is 24.8 Å². The highest BCUT2D eigenvalue weighted by Crippen LogP contribution is 2.54. The summed E-state index contributed by atoms with van der Waals surface area (Å²) in [5.41, 5.74) is -0.473. The molecule has 0 atom stereocenters. The zero-order chi connectivity index (χ0) is 12.6. The van der Waals surface area contributed by atoms with Crippen LogP contribution in [0.2, 0.25) is 0 Å². The van der Waals surface area contributed by atoms with Crippen molar-refractivity contribution in [1.29, 1.82) is 0 Å². The van der Waals surface area contributed by atoms with E-state index in [1.165, 1.54) is 18.2 Å². The molecule has 0 aliphatic heterocycles. The molecule has 2 N–H and O–H groups in total. The lowest BCUT2D eigenvalue weighted by Gasteiger charge is -2.13. The van der Waals surface area contributed by atoms with Crippen LogP contribution >= 0.6 is 0 Å². The average molecular weight is 237 g/mol. The van der Waals surface area contributed by atoms with Crippen LogP contribution in [0.5, 0.6) is 5.75 Å². The Labute approximate surface area is 96.7 Å². The number of hydrogen-bond donors (Lipinski definition) is 2. The second kappa shape index (κ2) is 3.73. The van der Waals surface area contributed by atoms with Crippen LogP contribution in [0, 0.1) is 10.1 Å². The van der Waals surface area contributed by atoms with Gasteiger partial charge in [-0.25, -0.2) is 0 Å². The highest BCUT2D eigenvalue weighted by Gasteiger charge is 2.49. The van der Waals surface area contributed by atoms with Gasteiger partial charge in [0.05, 0.1) is 11.3 Å². The number of nitro benzene ring substituents is 1. The molecule has 1 aromatic rings. The van der Waals surface area contributed by atoms with Gasteiger partial charge < -0.3 is 10.2 Å². The Kier molecular flexibility index (Phi) is 2.49. The molecule has 0 amide bonds. The van der Waals surface area contributed by atoms with E-state index < -0.39 is 16.3 Å².